The third-order valence-electron chi connectivity index (χ3n) is 4.99. The van der Waals surface area contributed by atoms with Crippen molar-refractivity contribution in [2.45, 2.75) is 38.6 Å². The van der Waals surface area contributed by atoms with Crippen molar-refractivity contribution in [3.8, 4) is 0 Å². The number of amidine groups is 1. The van der Waals surface area contributed by atoms with Gasteiger partial charge >= 0.3 is 10.2 Å². The van der Waals surface area contributed by atoms with Gasteiger partial charge in [0.2, 0.25) is 0 Å². The molecule has 5 N–H and O–H groups in total. The lowest BCUT2D eigenvalue weighted by atomic mass is 9.77. The summed E-state index contributed by atoms with van der Waals surface area (Å²) in [5.74, 6) is -1.85. The molecule has 27 heavy (non-hydrogen) atoms. The largest absolute Gasteiger partial charge is 0.381 e. The molecule has 1 aromatic rings. The Hall–Kier alpha value is -1.56. The van der Waals surface area contributed by atoms with Crippen molar-refractivity contribution in [3.63, 3.8) is 0 Å². The number of rotatable bonds is 7. The highest BCUT2D eigenvalue weighted by Gasteiger charge is 2.36. The van der Waals surface area contributed by atoms with E-state index in [1.54, 1.807) is 6.92 Å². The van der Waals surface area contributed by atoms with Crippen LogP contribution in [0, 0.1) is 23.1 Å². The van der Waals surface area contributed by atoms with Gasteiger partial charge in [0.15, 0.2) is 11.6 Å². The van der Waals surface area contributed by atoms with Gasteiger partial charge in [-0.15, -0.1) is 0 Å². The van der Waals surface area contributed by atoms with E-state index in [9.17, 15) is 17.6 Å². The van der Waals surface area contributed by atoms with E-state index >= 15 is 0 Å². The zero-order chi connectivity index (χ0) is 20.4. The monoisotopic (exact) mass is 464 g/mol. The molecule has 8 nitrogen and oxygen atoms in total. The second-order valence-corrected chi connectivity index (χ2v) is 9.01. The topological polar surface area (TPSA) is 137 Å². The summed E-state index contributed by atoms with van der Waals surface area (Å²) in [4.78, 5) is 13.2. The number of halogens is 2. The zero-order valence-corrected chi connectivity index (χ0v) is 17.1. The summed E-state index contributed by atoms with van der Waals surface area (Å²) in [7, 11) is -4.24. The SMILES string of the molecule is CC(C(=O)C(=N)N)C1CCC(N(c2ccc(F)c(Br)c2)S(=O)(=O)NO)CC1. The van der Waals surface area contributed by atoms with Crippen LogP contribution in [0.1, 0.15) is 32.6 Å². The summed E-state index contributed by atoms with van der Waals surface area (Å²) in [5.41, 5.74) is 5.48. The maximum Gasteiger partial charge on any atom is 0.323 e. The Morgan fingerprint density at radius 2 is 2.00 bits per heavy atom. The molecule has 0 aliphatic heterocycles. The number of benzene rings is 1. The Kier molecular flexibility index (Phi) is 6.95. The van der Waals surface area contributed by atoms with Crippen molar-refractivity contribution in [1.82, 2.24) is 4.89 Å². The van der Waals surface area contributed by atoms with Gasteiger partial charge in [-0.1, -0.05) is 11.8 Å². The minimum absolute atomic E-state index is 0.00996. The summed E-state index contributed by atoms with van der Waals surface area (Å²) in [6, 6.07) is 3.32. The second-order valence-electron chi connectivity index (χ2n) is 6.63. The lowest BCUT2D eigenvalue weighted by Crippen LogP contribution is -2.48. The molecule has 0 aromatic heterocycles. The third-order valence-corrected chi connectivity index (χ3v) is 6.86. The van der Waals surface area contributed by atoms with Crippen LogP contribution in [-0.2, 0) is 15.0 Å². The van der Waals surface area contributed by atoms with Crippen molar-refractivity contribution in [2.75, 3.05) is 4.31 Å². The predicted octanol–water partition coefficient (Wildman–Crippen LogP) is 2.32. The third kappa shape index (κ3) is 4.84. The standard InChI is InChI=1S/C16H22BrFN4O4S/c1-9(15(23)16(19)20)10-2-4-11(5-3-10)22(27(25,26)21-24)12-6-7-14(18)13(17)8-12/h6-11,21,24H,2-5H2,1H3,(H3,19,20). The van der Waals surface area contributed by atoms with E-state index in [1.165, 1.54) is 17.0 Å². The minimum atomic E-state index is -4.24. The summed E-state index contributed by atoms with van der Waals surface area (Å²) in [6.45, 7) is 1.72. The van der Waals surface area contributed by atoms with Crippen LogP contribution in [0.3, 0.4) is 0 Å². The van der Waals surface area contributed by atoms with Crippen molar-refractivity contribution in [3.05, 3.63) is 28.5 Å². The molecule has 1 unspecified atom stereocenters. The van der Waals surface area contributed by atoms with Gasteiger partial charge in [0.1, 0.15) is 5.82 Å². The number of Topliss-reactive ketones (excluding diaryl/α,β-unsaturated/α-hetero) is 1. The number of carbonyl (C=O) groups is 1. The molecule has 0 saturated heterocycles. The number of carbonyl (C=O) groups excluding carboxylic acids is 1. The van der Waals surface area contributed by atoms with Crippen LogP contribution >= 0.6 is 15.9 Å². The molecule has 0 bridgehead atoms. The fourth-order valence-electron chi connectivity index (χ4n) is 3.51. The van der Waals surface area contributed by atoms with Crippen LogP contribution in [0.25, 0.3) is 0 Å². The molecule has 11 heteroatoms. The number of nitrogens with one attached hydrogen (secondary N) is 2. The number of nitrogens with two attached hydrogens (primary N) is 1. The van der Waals surface area contributed by atoms with Gasteiger partial charge in [-0.3, -0.25) is 14.5 Å². The Bertz CT molecular complexity index is 828. The molecule has 1 aliphatic rings. The van der Waals surface area contributed by atoms with E-state index in [1.807, 2.05) is 0 Å². The van der Waals surface area contributed by atoms with Gasteiger partial charge in [0.05, 0.1) is 10.2 Å². The van der Waals surface area contributed by atoms with Crippen LogP contribution in [0.5, 0.6) is 0 Å². The maximum atomic E-state index is 13.5. The molecular weight excluding hydrogens is 443 g/mol. The van der Waals surface area contributed by atoms with Gasteiger partial charge in [-0.2, -0.15) is 8.42 Å². The van der Waals surface area contributed by atoms with Crippen LogP contribution in [-0.4, -0.2) is 31.3 Å². The molecule has 1 saturated carbocycles. The summed E-state index contributed by atoms with van der Waals surface area (Å²) >= 11 is 3.04. The first-order valence-corrected chi connectivity index (χ1v) is 10.6. The van der Waals surface area contributed by atoms with E-state index in [4.69, 9.17) is 16.4 Å². The highest BCUT2D eigenvalue weighted by molar-refractivity contribution is 9.10. The summed E-state index contributed by atoms with van der Waals surface area (Å²) in [5, 5.41) is 16.4. The Labute approximate surface area is 165 Å². The van der Waals surface area contributed by atoms with E-state index < -0.39 is 39.6 Å². The normalized spacial score (nSPS) is 21.5. The molecule has 0 spiro atoms. The summed E-state index contributed by atoms with van der Waals surface area (Å²) < 4.78 is 39.4. The number of ketones is 1. The fourth-order valence-corrected chi connectivity index (χ4v) is 4.96. The summed E-state index contributed by atoms with van der Waals surface area (Å²) in [6.07, 6.45) is 2.00. The lowest BCUT2D eigenvalue weighted by molar-refractivity contribution is -0.118. The Morgan fingerprint density at radius 1 is 1.41 bits per heavy atom. The van der Waals surface area contributed by atoms with Gasteiger partial charge in [0.25, 0.3) is 0 Å². The molecule has 1 fully saturated rings. The Morgan fingerprint density at radius 3 is 2.48 bits per heavy atom. The van der Waals surface area contributed by atoms with Crippen molar-refractivity contribution >= 4 is 43.4 Å². The predicted molar refractivity (Wildman–Crippen MR) is 102 cm³/mol. The van der Waals surface area contributed by atoms with Crippen molar-refractivity contribution < 1.29 is 22.8 Å². The number of anilines is 1. The molecular formula is C16H22BrFN4O4S. The van der Waals surface area contributed by atoms with Crippen LogP contribution in [0.2, 0.25) is 0 Å². The van der Waals surface area contributed by atoms with Crippen LogP contribution in [0.15, 0.2) is 22.7 Å². The highest BCUT2D eigenvalue weighted by Crippen LogP contribution is 2.36. The fraction of sp³-hybridized carbons (Fsp3) is 0.500. The lowest BCUT2D eigenvalue weighted by Gasteiger charge is -2.38. The number of hydrogen-bond acceptors (Lipinski definition) is 5. The van der Waals surface area contributed by atoms with E-state index in [2.05, 4.69) is 15.9 Å². The molecule has 1 aromatic carbocycles. The van der Waals surface area contributed by atoms with Gasteiger partial charge < -0.3 is 10.9 Å². The molecule has 1 atom stereocenters. The minimum Gasteiger partial charge on any atom is -0.381 e. The smallest absolute Gasteiger partial charge is 0.323 e. The Balaban J connectivity index is 2.23. The first-order chi connectivity index (χ1) is 12.6. The molecule has 1 aliphatic carbocycles. The maximum absolute atomic E-state index is 13.5. The molecule has 2 rings (SSSR count). The van der Waals surface area contributed by atoms with Crippen molar-refractivity contribution in [2.24, 2.45) is 17.6 Å². The van der Waals surface area contributed by atoms with Gasteiger partial charge in [0, 0.05) is 12.0 Å². The van der Waals surface area contributed by atoms with E-state index in [-0.39, 0.29) is 16.1 Å². The average Bonchev–Trinajstić information content (AvgIpc) is 2.64. The highest BCUT2D eigenvalue weighted by atomic mass is 79.9. The average molecular weight is 465 g/mol. The van der Waals surface area contributed by atoms with Crippen LogP contribution < -0.4 is 14.9 Å². The van der Waals surface area contributed by atoms with Crippen molar-refractivity contribution in [1.29, 1.82) is 5.41 Å². The zero-order valence-electron chi connectivity index (χ0n) is 14.7. The molecule has 0 amide bonds. The van der Waals surface area contributed by atoms with Crippen LogP contribution in [0.4, 0.5) is 10.1 Å². The first kappa shape index (κ1) is 21.7. The quantitative estimate of drug-likeness (QED) is 0.278. The first-order valence-electron chi connectivity index (χ1n) is 8.37. The number of nitrogens with zero attached hydrogens (tertiary/aromatic N) is 1. The molecule has 0 radical (unpaired) electrons. The second kappa shape index (κ2) is 8.63. The number of hydrogen-bond donors (Lipinski definition) is 4. The molecule has 0 heterocycles. The van der Waals surface area contributed by atoms with Gasteiger partial charge in [-0.25, -0.2) is 4.39 Å². The van der Waals surface area contributed by atoms with E-state index in [0.717, 1.165) is 10.4 Å². The van der Waals surface area contributed by atoms with E-state index in [0.29, 0.717) is 25.7 Å². The van der Waals surface area contributed by atoms with Gasteiger partial charge in [-0.05, 0) is 65.7 Å². The molecule has 150 valence electrons.